The second kappa shape index (κ2) is 10.5. The molecule has 1 N–H and O–H groups in total. The molecular formula is C28H30N2O5S. The smallest absolute Gasteiger partial charge is 0.270 e. The standard InChI is InChI=1S/C28H30N2O5S/c1-19(22-13-9-6-10-14-22)17-29-28(31)27-20(2)23-15-25(34-3)26(35-4)16-24(23)30(36(27,32)33)18-21-11-7-5-8-12-21/h5-16,19H,17-18H2,1-4H3,(H,29,31)/t19-/m1/s1. The largest absolute Gasteiger partial charge is 0.493 e. The fourth-order valence-electron chi connectivity index (χ4n) is 4.36. The minimum atomic E-state index is -4.18. The van der Waals surface area contributed by atoms with E-state index < -0.39 is 15.9 Å². The Kier molecular flexibility index (Phi) is 7.35. The average molecular weight is 507 g/mol. The summed E-state index contributed by atoms with van der Waals surface area (Å²) >= 11 is 0. The van der Waals surface area contributed by atoms with Crippen LogP contribution in [-0.2, 0) is 21.4 Å². The van der Waals surface area contributed by atoms with Gasteiger partial charge in [0.05, 0.1) is 26.5 Å². The third kappa shape index (κ3) is 4.81. The van der Waals surface area contributed by atoms with Crippen LogP contribution in [0.3, 0.4) is 0 Å². The van der Waals surface area contributed by atoms with Crippen LogP contribution in [0.5, 0.6) is 11.5 Å². The van der Waals surface area contributed by atoms with Crippen molar-refractivity contribution >= 4 is 27.2 Å². The van der Waals surface area contributed by atoms with Gasteiger partial charge in [-0.15, -0.1) is 0 Å². The fourth-order valence-corrected chi connectivity index (χ4v) is 6.12. The number of hydrogen-bond donors (Lipinski definition) is 1. The van der Waals surface area contributed by atoms with Gasteiger partial charge in [-0.1, -0.05) is 67.6 Å². The predicted molar refractivity (Wildman–Crippen MR) is 142 cm³/mol. The first-order valence-electron chi connectivity index (χ1n) is 11.6. The highest BCUT2D eigenvalue weighted by molar-refractivity contribution is 7.97. The molecule has 0 aromatic heterocycles. The molecule has 8 heteroatoms. The zero-order valence-corrected chi connectivity index (χ0v) is 21.6. The van der Waals surface area contributed by atoms with Gasteiger partial charge >= 0.3 is 0 Å². The summed E-state index contributed by atoms with van der Waals surface area (Å²) in [5.74, 6) is 0.238. The van der Waals surface area contributed by atoms with Gasteiger partial charge in [0.15, 0.2) is 16.4 Å². The highest BCUT2D eigenvalue weighted by Crippen LogP contribution is 2.45. The van der Waals surface area contributed by atoms with E-state index in [1.165, 1.54) is 18.5 Å². The summed E-state index contributed by atoms with van der Waals surface area (Å²) in [6.07, 6.45) is 0. The third-order valence-electron chi connectivity index (χ3n) is 6.38. The lowest BCUT2D eigenvalue weighted by atomic mass is 10.0. The van der Waals surface area contributed by atoms with Gasteiger partial charge in [-0.2, -0.15) is 0 Å². The summed E-state index contributed by atoms with van der Waals surface area (Å²) in [5, 5.41) is 2.84. The number of fused-ring (bicyclic) bond motifs is 1. The predicted octanol–water partition coefficient (Wildman–Crippen LogP) is 4.70. The van der Waals surface area contributed by atoms with Crippen LogP contribution in [0.1, 0.15) is 36.5 Å². The van der Waals surface area contributed by atoms with E-state index in [0.29, 0.717) is 34.9 Å². The number of nitrogens with zero attached hydrogens (tertiary/aromatic N) is 1. The molecule has 1 atom stereocenters. The third-order valence-corrected chi connectivity index (χ3v) is 8.29. The lowest BCUT2D eigenvalue weighted by molar-refractivity contribution is -0.116. The fraction of sp³-hybridized carbons (Fsp3) is 0.250. The highest BCUT2D eigenvalue weighted by atomic mass is 32.2. The Morgan fingerprint density at radius 3 is 2.14 bits per heavy atom. The zero-order chi connectivity index (χ0) is 25.9. The molecule has 0 saturated carbocycles. The molecule has 7 nitrogen and oxygen atoms in total. The van der Waals surface area contributed by atoms with E-state index in [1.807, 2.05) is 67.6 Å². The summed E-state index contributed by atoms with van der Waals surface area (Å²) in [4.78, 5) is 13.1. The van der Waals surface area contributed by atoms with Crippen LogP contribution < -0.4 is 19.1 Å². The van der Waals surface area contributed by atoms with E-state index >= 15 is 0 Å². The van der Waals surface area contributed by atoms with Crippen LogP contribution in [0, 0.1) is 0 Å². The highest BCUT2D eigenvalue weighted by Gasteiger charge is 2.40. The van der Waals surface area contributed by atoms with Crippen molar-refractivity contribution < 1.29 is 22.7 Å². The van der Waals surface area contributed by atoms with Gasteiger partial charge in [-0.05, 0) is 35.6 Å². The summed E-state index contributed by atoms with van der Waals surface area (Å²) in [6, 6.07) is 22.4. The van der Waals surface area contributed by atoms with Crippen LogP contribution in [0.15, 0.2) is 77.7 Å². The summed E-state index contributed by atoms with van der Waals surface area (Å²) in [5.41, 5.74) is 3.24. The molecule has 0 aliphatic carbocycles. The Bertz CT molecular complexity index is 1390. The van der Waals surface area contributed by atoms with Gasteiger partial charge in [-0.3, -0.25) is 9.10 Å². The second-order valence-corrected chi connectivity index (χ2v) is 10.5. The zero-order valence-electron chi connectivity index (χ0n) is 20.8. The first kappa shape index (κ1) is 25.3. The Morgan fingerprint density at radius 2 is 1.53 bits per heavy atom. The number of rotatable bonds is 8. The van der Waals surface area contributed by atoms with E-state index in [2.05, 4.69) is 5.32 Å². The summed E-state index contributed by atoms with van der Waals surface area (Å²) in [6.45, 7) is 4.00. The topological polar surface area (TPSA) is 84.9 Å². The number of anilines is 1. The average Bonchev–Trinajstić information content (AvgIpc) is 2.89. The first-order chi connectivity index (χ1) is 17.3. The monoisotopic (exact) mass is 506 g/mol. The van der Waals surface area contributed by atoms with Gasteiger partial charge in [0.2, 0.25) is 0 Å². The normalized spacial score (nSPS) is 15.2. The number of nitrogens with one attached hydrogen (secondary N) is 1. The van der Waals surface area contributed by atoms with E-state index in [4.69, 9.17) is 9.47 Å². The molecule has 36 heavy (non-hydrogen) atoms. The number of amides is 1. The van der Waals surface area contributed by atoms with Crippen LogP contribution >= 0.6 is 0 Å². The Balaban J connectivity index is 1.77. The number of benzene rings is 3. The molecule has 3 aromatic carbocycles. The van der Waals surface area contributed by atoms with Crippen LogP contribution in [0.2, 0.25) is 0 Å². The first-order valence-corrected chi connectivity index (χ1v) is 13.1. The van der Waals surface area contributed by atoms with Crippen molar-refractivity contribution in [2.24, 2.45) is 0 Å². The number of hydrogen-bond acceptors (Lipinski definition) is 5. The van der Waals surface area contributed by atoms with Crippen LogP contribution in [0.4, 0.5) is 5.69 Å². The number of carbonyl (C=O) groups excluding carboxylic acids is 1. The number of allylic oxidation sites excluding steroid dienone is 1. The minimum absolute atomic E-state index is 0.0133. The van der Waals surface area contributed by atoms with Crippen molar-refractivity contribution in [1.82, 2.24) is 5.32 Å². The van der Waals surface area contributed by atoms with Gasteiger partial charge < -0.3 is 14.8 Å². The molecule has 0 saturated heterocycles. The van der Waals surface area contributed by atoms with Crippen LogP contribution in [0.25, 0.3) is 5.57 Å². The lowest BCUT2D eigenvalue weighted by Crippen LogP contribution is -2.41. The summed E-state index contributed by atoms with van der Waals surface area (Å²) < 4.78 is 40.0. The molecule has 1 heterocycles. The molecule has 3 aromatic rings. The molecular weight excluding hydrogens is 476 g/mol. The van der Waals surface area contributed by atoms with Gasteiger partial charge in [0.25, 0.3) is 15.9 Å². The van der Waals surface area contributed by atoms with Gasteiger partial charge in [0, 0.05) is 18.2 Å². The number of ether oxygens (including phenoxy) is 2. The maximum atomic E-state index is 13.9. The number of sulfonamides is 1. The molecule has 0 fully saturated rings. The number of carbonyl (C=O) groups is 1. The maximum Gasteiger partial charge on any atom is 0.270 e. The lowest BCUT2D eigenvalue weighted by Gasteiger charge is -2.33. The van der Waals surface area contributed by atoms with Crippen LogP contribution in [-0.4, -0.2) is 35.1 Å². The van der Waals surface area contributed by atoms with E-state index in [1.54, 1.807) is 19.1 Å². The molecule has 0 unspecified atom stereocenters. The maximum absolute atomic E-state index is 13.9. The molecule has 1 aliphatic rings. The molecule has 0 bridgehead atoms. The van der Waals surface area contributed by atoms with Crippen molar-refractivity contribution in [2.75, 3.05) is 25.1 Å². The van der Waals surface area contributed by atoms with Crippen molar-refractivity contribution in [1.29, 1.82) is 0 Å². The quantitative estimate of drug-likeness (QED) is 0.479. The Hall–Kier alpha value is -3.78. The van der Waals surface area contributed by atoms with E-state index in [9.17, 15) is 13.2 Å². The molecule has 1 amide bonds. The van der Waals surface area contributed by atoms with Crippen molar-refractivity contribution in [2.45, 2.75) is 26.3 Å². The molecule has 188 valence electrons. The van der Waals surface area contributed by atoms with Crippen molar-refractivity contribution in [3.05, 3.63) is 94.4 Å². The second-order valence-electron chi connectivity index (χ2n) is 8.70. The Morgan fingerprint density at radius 1 is 0.944 bits per heavy atom. The number of methoxy groups -OCH3 is 2. The molecule has 1 aliphatic heterocycles. The molecule has 0 spiro atoms. The Labute approximate surface area is 212 Å². The van der Waals surface area contributed by atoms with Gasteiger partial charge in [-0.25, -0.2) is 8.42 Å². The van der Waals surface area contributed by atoms with E-state index in [0.717, 1.165) is 11.1 Å². The molecule has 4 rings (SSSR count). The SMILES string of the molecule is COc1cc2c(cc1OC)N(Cc1ccccc1)S(=O)(=O)C(C(=O)NC[C@@H](C)c1ccccc1)=C2C. The van der Waals surface area contributed by atoms with E-state index in [-0.39, 0.29) is 17.4 Å². The molecule has 0 radical (unpaired) electrons. The van der Waals surface area contributed by atoms with Crippen molar-refractivity contribution in [3.63, 3.8) is 0 Å². The van der Waals surface area contributed by atoms with Crippen molar-refractivity contribution in [3.8, 4) is 11.5 Å². The minimum Gasteiger partial charge on any atom is -0.493 e. The van der Waals surface area contributed by atoms with Gasteiger partial charge in [0.1, 0.15) is 0 Å². The summed E-state index contributed by atoms with van der Waals surface area (Å²) in [7, 11) is -1.16.